The Morgan fingerprint density at radius 1 is 1.25 bits per heavy atom. The molecular weight excluding hydrogens is 264 g/mol. The molecule has 2 heteroatoms. The van der Waals surface area contributed by atoms with Crippen LogP contribution in [0.3, 0.4) is 0 Å². The number of rotatable bonds is 2. The smallest absolute Gasteiger partial charge is 0.126 e. The molecule has 0 amide bonds. The molecule has 0 atom stereocenters. The lowest BCUT2D eigenvalue weighted by atomic mass is 9.99. The van der Waals surface area contributed by atoms with Crippen LogP contribution in [0.1, 0.15) is 12.5 Å². The third kappa shape index (κ3) is 1.85. The highest BCUT2D eigenvalue weighted by molar-refractivity contribution is 9.10. The van der Waals surface area contributed by atoms with E-state index in [-0.39, 0.29) is 0 Å². The lowest BCUT2D eigenvalue weighted by Gasteiger charge is -2.12. The van der Waals surface area contributed by atoms with Crippen LogP contribution in [0.4, 0.5) is 0 Å². The van der Waals surface area contributed by atoms with E-state index < -0.39 is 0 Å². The summed E-state index contributed by atoms with van der Waals surface area (Å²) in [5.41, 5.74) is 2.11. The number of hydrogen-bond donors (Lipinski definition) is 0. The maximum Gasteiger partial charge on any atom is 0.126 e. The molecule has 1 nitrogen and oxygen atoms in total. The summed E-state index contributed by atoms with van der Waals surface area (Å²) in [6.45, 7) is 6.01. The molecule has 2 aromatic rings. The van der Waals surface area contributed by atoms with E-state index in [0.29, 0.717) is 0 Å². The molecule has 0 aliphatic heterocycles. The van der Waals surface area contributed by atoms with Gasteiger partial charge in [0.25, 0.3) is 0 Å². The predicted molar refractivity (Wildman–Crippen MR) is 72.9 cm³/mol. The molecule has 2 aromatic carbocycles. The molecule has 0 saturated heterocycles. The summed E-state index contributed by atoms with van der Waals surface area (Å²) in [5.74, 6) is 0.877. The molecule has 2 rings (SSSR count). The predicted octanol–water partition coefficient (Wildman–Crippen LogP) is 4.64. The minimum absolute atomic E-state index is 0.877. The highest BCUT2D eigenvalue weighted by atomic mass is 79.9. The van der Waals surface area contributed by atoms with Crippen LogP contribution in [0, 0.1) is 0 Å². The lowest BCUT2D eigenvalue weighted by Crippen LogP contribution is -1.91. The van der Waals surface area contributed by atoms with Crippen LogP contribution in [0.2, 0.25) is 0 Å². The molecule has 0 aliphatic carbocycles. The van der Waals surface area contributed by atoms with Gasteiger partial charge in [-0.3, -0.25) is 0 Å². The van der Waals surface area contributed by atoms with Crippen molar-refractivity contribution in [2.75, 3.05) is 7.11 Å². The molecule has 16 heavy (non-hydrogen) atoms. The van der Waals surface area contributed by atoms with Crippen LogP contribution in [0.5, 0.6) is 5.75 Å². The maximum absolute atomic E-state index is 5.37. The first kappa shape index (κ1) is 11.2. The zero-order valence-electron chi connectivity index (χ0n) is 9.38. The summed E-state index contributed by atoms with van der Waals surface area (Å²) in [6.07, 6.45) is 0. The number of benzene rings is 2. The van der Waals surface area contributed by atoms with Gasteiger partial charge in [0.15, 0.2) is 0 Å². The molecule has 0 bridgehead atoms. The van der Waals surface area contributed by atoms with Gasteiger partial charge in [-0.2, -0.15) is 0 Å². The highest BCUT2D eigenvalue weighted by Gasteiger charge is 2.08. The van der Waals surface area contributed by atoms with Crippen molar-refractivity contribution in [3.8, 4) is 5.75 Å². The van der Waals surface area contributed by atoms with Crippen LogP contribution in [-0.4, -0.2) is 7.11 Å². The van der Waals surface area contributed by atoms with Crippen molar-refractivity contribution in [3.05, 3.63) is 46.9 Å². The molecule has 0 N–H and O–H groups in total. The van der Waals surface area contributed by atoms with Gasteiger partial charge in [0.2, 0.25) is 0 Å². The molecule has 0 saturated carbocycles. The summed E-state index contributed by atoms with van der Waals surface area (Å²) in [5, 5.41) is 2.36. The Labute approximate surface area is 104 Å². The van der Waals surface area contributed by atoms with Crippen molar-refractivity contribution in [1.29, 1.82) is 0 Å². The van der Waals surface area contributed by atoms with Crippen molar-refractivity contribution >= 4 is 32.3 Å². The quantitative estimate of drug-likeness (QED) is 0.776. The van der Waals surface area contributed by atoms with Crippen molar-refractivity contribution < 1.29 is 4.74 Å². The zero-order valence-corrected chi connectivity index (χ0v) is 11.0. The third-order valence-electron chi connectivity index (χ3n) is 2.59. The minimum Gasteiger partial charge on any atom is -0.496 e. The Bertz CT molecular complexity index is 558. The Kier molecular flexibility index (Phi) is 3.01. The van der Waals surface area contributed by atoms with Crippen molar-refractivity contribution in [2.24, 2.45) is 0 Å². The number of fused-ring (bicyclic) bond motifs is 1. The summed E-state index contributed by atoms with van der Waals surface area (Å²) in [7, 11) is 1.69. The second kappa shape index (κ2) is 4.30. The Hall–Kier alpha value is -1.28. The van der Waals surface area contributed by atoms with Crippen LogP contribution >= 0.6 is 15.9 Å². The van der Waals surface area contributed by atoms with E-state index in [9.17, 15) is 0 Å². The van der Waals surface area contributed by atoms with Crippen molar-refractivity contribution in [3.63, 3.8) is 0 Å². The van der Waals surface area contributed by atoms with E-state index in [2.05, 4.69) is 40.7 Å². The summed E-state index contributed by atoms with van der Waals surface area (Å²) >= 11 is 3.48. The number of methoxy groups -OCH3 is 1. The number of hydrogen-bond acceptors (Lipinski definition) is 1. The Morgan fingerprint density at radius 2 is 2.00 bits per heavy atom. The van der Waals surface area contributed by atoms with Gasteiger partial charge in [-0.25, -0.2) is 0 Å². The molecule has 0 radical (unpaired) electrons. The molecule has 0 heterocycles. The fraction of sp³-hybridized carbons (Fsp3) is 0.143. The largest absolute Gasteiger partial charge is 0.496 e. The third-order valence-corrected chi connectivity index (χ3v) is 3.08. The monoisotopic (exact) mass is 276 g/mol. The minimum atomic E-state index is 0.877. The van der Waals surface area contributed by atoms with Gasteiger partial charge < -0.3 is 4.74 Å². The van der Waals surface area contributed by atoms with Gasteiger partial charge in [0, 0.05) is 10.0 Å². The molecule has 0 aliphatic rings. The van der Waals surface area contributed by atoms with E-state index in [1.54, 1.807) is 7.11 Å². The first-order valence-electron chi connectivity index (χ1n) is 5.05. The molecule has 0 aromatic heterocycles. The maximum atomic E-state index is 5.37. The van der Waals surface area contributed by atoms with Gasteiger partial charge in [-0.1, -0.05) is 34.6 Å². The zero-order chi connectivity index (χ0) is 11.7. The second-order valence-electron chi connectivity index (χ2n) is 3.79. The first-order valence-corrected chi connectivity index (χ1v) is 5.85. The van der Waals surface area contributed by atoms with Crippen LogP contribution in [-0.2, 0) is 0 Å². The Morgan fingerprint density at radius 3 is 2.62 bits per heavy atom. The van der Waals surface area contributed by atoms with Crippen LogP contribution < -0.4 is 4.74 Å². The van der Waals surface area contributed by atoms with Gasteiger partial charge in [0.05, 0.1) is 7.11 Å². The van der Waals surface area contributed by atoms with Gasteiger partial charge in [-0.15, -0.1) is 0 Å². The van der Waals surface area contributed by atoms with Crippen molar-refractivity contribution in [2.45, 2.75) is 6.92 Å². The fourth-order valence-corrected chi connectivity index (χ4v) is 2.27. The van der Waals surface area contributed by atoms with Crippen LogP contribution in [0.15, 0.2) is 41.4 Å². The molecule has 0 unspecified atom stereocenters. The van der Waals surface area contributed by atoms with Crippen LogP contribution in [0.25, 0.3) is 16.3 Å². The standard InChI is InChI=1S/C14H13BrO/c1-9(2)14-12-6-5-11(15)8-10(12)4-7-13(14)16-3/h4-8H,1H2,2-3H3. The average Bonchev–Trinajstić information content (AvgIpc) is 2.26. The SMILES string of the molecule is C=C(C)c1c(OC)ccc2cc(Br)ccc12. The van der Waals surface area contributed by atoms with E-state index >= 15 is 0 Å². The first-order chi connectivity index (χ1) is 7.63. The summed E-state index contributed by atoms with van der Waals surface area (Å²) < 4.78 is 6.45. The lowest BCUT2D eigenvalue weighted by molar-refractivity contribution is 0.414. The Balaban J connectivity index is 2.84. The average molecular weight is 277 g/mol. The fourth-order valence-electron chi connectivity index (χ4n) is 1.89. The molecular formula is C14H13BrO. The van der Waals surface area contributed by atoms with E-state index in [0.717, 1.165) is 21.4 Å². The van der Waals surface area contributed by atoms with Gasteiger partial charge in [0.1, 0.15) is 5.75 Å². The molecule has 82 valence electrons. The molecule has 0 fully saturated rings. The normalized spacial score (nSPS) is 10.4. The van der Waals surface area contributed by atoms with E-state index in [4.69, 9.17) is 4.74 Å². The second-order valence-corrected chi connectivity index (χ2v) is 4.70. The number of ether oxygens (including phenoxy) is 1. The summed E-state index contributed by atoms with van der Waals surface area (Å²) in [4.78, 5) is 0. The number of allylic oxidation sites excluding steroid dienone is 1. The summed E-state index contributed by atoms with van der Waals surface area (Å²) in [6, 6.07) is 10.3. The number of halogens is 1. The topological polar surface area (TPSA) is 9.23 Å². The van der Waals surface area contributed by atoms with Gasteiger partial charge in [-0.05, 0) is 41.5 Å². The van der Waals surface area contributed by atoms with Crippen molar-refractivity contribution in [1.82, 2.24) is 0 Å². The van der Waals surface area contributed by atoms with E-state index in [1.165, 1.54) is 10.8 Å². The van der Waals surface area contributed by atoms with E-state index in [1.807, 2.05) is 19.1 Å². The highest BCUT2D eigenvalue weighted by Crippen LogP contribution is 2.33. The molecule has 0 spiro atoms. The van der Waals surface area contributed by atoms with Gasteiger partial charge >= 0.3 is 0 Å².